The van der Waals surface area contributed by atoms with Crippen LogP contribution in [0.2, 0.25) is 5.02 Å². The second-order valence-electron chi connectivity index (χ2n) is 3.62. The van der Waals surface area contributed by atoms with Crippen LogP contribution in [-0.4, -0.2) is 15.3 Å². The van der Waals surface area contributed by atoms with Crippen molar-refractivity contribution in [2.45, 2.75) is 19.4 Å². The fourth-order valence-corrected chi connectivity index (χ4v) is 2.57. The van der Waals surface area contributed by atoms with Crippen LogP contribution < -0.4 is 5.73 Å². The second-order valence-corrected chi connectivity index (χ2v) is 5.04. The van der Waals surface area contributed by atoms with Crippen molar-refractivity contribution in [3.05, 3.63) is 28.2 Å². The van der Waals surface area contributed by atoms with Gasteiger partial charge in [-0.25, -0.2) is 0 Å². The van der Waals surface area contributed by atoms with Crippen LogP contribution in [0.4, 0.5) is 0 Å². The fourth-order valence-electron chi connectivity index (χ4n) is 1.35. The van der Waals surface area contributed by atoms with Crippen LogP contribution in [0, 0.1) is 0 Å². The molecule has 2 aromatic rings. The third-order valence-electron chi connectivity index (χ3n) is 2.38. The van der Waals surface area contributed by atoms with E-state index in [4.69, 9.17) is 17.3 Å². The van der Waals surface area contributed by atoms with Gasteiger partial charge in [-0.2, -0.15) is 0 Å². The van der Waals surface area contributed by atoms with Gasteiger partial charge in [-0.05, 0) is 24.6 Å². The number of rotatable bonds is 3. The van der Waals surface area contributed by atoms with Gasteiger partial charge in [-0.1, -0.05) is 29.9 Å². The summed E-state index contributed by atoms with van der Waals surface area (Å²) < 4.78 is 0. The first kappa shape index (κ1) is 12.3. The molecule has 2 rings (SSSR count). The van der Waals surface area contributed by atoms with Gasteiger partial charge in [0.25, 0.3) is 0 Å². The maximum atomic E-state index is 9.43. The van der Waals surface area contributed by atoms with Crippen LogP contribution in [0.5, 0.6) is 5.75 Å². The Morgan fingerprint density at radius 2 is 2.24 bits per heavy atom. The standard InChI is InChI=1S/C11H12ClN3OS/c1-2-9(13)11-15-14-10(17-11)7-5-6(16)3-4-8(7)12/h3-5,9,16H,2,13H2,1H3. The van der Waals surface area contributed by atoms with E-state index < -0.39 is 0 Å². The molecule has 0 amide bonds. The molecule has 0 saturated carbocycles. The summed E-state index contributed by atoms with van der Waals surface area (Å²) in [6.45, 7) is 1.99. The van der Waals surface area contributed by atoms with E-state index in [2.05, 4.69) is 10.2 Å². The highest BCUT2D eigenvalue weighted by Gasteiger charge is 2.14. The Hall–Kier alpha value is -1.17. The molecule has 0 saturated heterocycles. The van der Waals surface area contributed by atoms with Gasteiger partial charge < -0.3 is 10.8 Å². The first-order valence-corrected chi connectivity index (χ1v) is 6.39. The fraction of sp³-hybridized carbons (Fsp3) is 0.273. The van der Waals surface area contributed by atoms with Crippen molar-refractivity contribution >= 4 is 22.9 Å². The summed E-state index contributed by atoms with van der Waals surface area (Å²) in [6.07, 6.45) is 0.808. The minimum absolute atomic E-state index is 0.0997. The number of phenolic OH excluding ortho intramolecular Hbond substituents is 1. The maximum absolute atomic E-state index is 9.43. The topological polar surface area (TPSA) is 72.0 Å². The molecule has 0 aliphatic rings. The Morgan fingerprint density at radius 1 is 1.47 bits per heavy atom. The van der Waals surface area contributed by atoms with Crippen molar-refractivity contribution < 1.29 is 5.11 Å². The second kappa shape index (κ2) is 5.00. The molecule has 3 N–H and O–H groups in total. The lowest BCUT2D eigenvalue weighted by atomic mass is 10.2. The molecular formula is C11H12ClN3OS. The van der Waals surface area contributed by atoms with Gasteiger partial charge in [0.2, 0.25) is 0 Å². The van der Waals surface area contributed by atoms with Crippen LogP contribution in [0.25, 0.3) is 10.6 Å². The van der Waals surface area contributed by atoms with Crippen LogP contribution in [0.15, 0.2) is 18.2 Å². The van der Waals surface area contributed by atoms with E-state index in [1.54, 1.807) is 12.1 Å². The van der Waals surface area contributed by atoms with Gasteiger partial charge in [0.05, 0.1) is 11.1 Å². The monoisotopic (exact) mass is 269 g/mol. The Kier molecular flexibility index (Phi) is 3.61. The molecule has 1 aromatic heterocycles. The number of halogens is 1. The van der Waals surface area contributed by atoms with Crippen molar-refractivity contribution in [1.82, 2.24) is 10.2 Å². The van der Waals surface area contributed by atoms with Crippen molar-refractivity contribution in [2.75, 3.05) is 0 Å². The number of hydrogen-bond acceptors (Lipinski definition) is 5. The molecule has 0 bridgehead atoms. The van der Waals surface area contributed by atoms with Crippen molar-refractivity contribution in [3.63, 3.8) is 0 Å². The summed E-state index contributed by atoms with van der Waals surface area (Å²) in [7, 11) is 0. The van der Waals surface area contributed by atoms with E-state index in [0.29, 0.717) is 15.6 Å². The number of aromatic nitrogens is 2. The van der Waals surface area contributed by atoms with Crippen molar-refractivity contribution in [1.29, 1.82) is 0 Å². The minimum atomic E-state index is -0.0997. The summed E-state index contributed by atoms with van der Waals surface area (Å²) >= 11 is 7.45. The van der Waals surface area contributed by atoms with Gasteiger partial charge in [-0.15, -0.1) is 10.2 Å². The molecule has 4 nitrogen and oxygen atoms in total. The Bertz CT molecular complexity index is 529. The number of nitrogens with zero attached hydrogens (tertiary/aromatic N) is 2. The number of benzene rings is 1. The summed E-state index contributed by atoms with van der Waals surface area (Å²) in [6, 6.07) is 4.64. The maximum Gasteiger partial charge on any atom is 0.149 e. The van der Waals surface area contributed by atoms with Crippen LogP contribution >= 0.6 is 22.9 Å². The molecule has 1 aromatic carbocycles. The van der Waals surface area contributed by atoms with E-state index in [1.165, 1.54) is 17.4 Å². The van der Waals surface area contributed by atoms with E-state index in [0.717, 1.165) is 11.4 Å². The highest BCUT2D eigenvalue weighted by atomic mass is 35.5. The van der Waals surface area contributed by atoms with Gasteiger partial charge >= 0.3 is 0 Å². The highest BCUT2D eigenvalue weighted by molar-refractivity contribution is 7.14. The predicted molar refractivity (Wildman–Crippen MR) is 69.2 cm³/mol. The quantitative estimate of drug-likeness (QED) is 0.899. The third-order valence-corrected chi connectivity index (χ3v) is 3.80. The molecule has 0 aliphatic carbocycles. The molecule has 1 heterocycles. The molecular weight excluding hydrogens is 258 g/mol. The molecule has 0 spiro atoms. The average Bonchev–Trinajstić information content (AvgIpc) is 2.80. The number of hydrogen-bond donors (Lipinski definition) is 2. The molecule has 1 atom stereocenters. The lowest BCUT2D eigenvalue weighted by Crippen LogP contribution is -2.07. The van der Waals surface area contributed by atoms with Crippen molar-refractivity contribution in [3.8, 4) is 16.3 Å². The van der Waals surface area contributed by atoms with Gasteiger partial charge in [0.15, 0.2) is 0 Å². The zero-order valence-electron chi connectivity index (χ0n) is 9.22. The Morgan fingerprint density at radius 3 is 2.94 bits per heavy atom. The van der Waals surface area contributed by atoms with E-state index in [9.17, 15) is 5.11 Å². The first-order valence-electron chi connectivity index (χ1n) is 5.19. The molecule has 6 heteroatoms. The Labute approximate surface area is 108 Å². The normalized spacial score (nSPS) is 12.6. The van der Waals surface area contributed by atoms with Crippen molar-refractivity contribution in [2.24, 2.45) is 5.73 Å². The largest absolute Gasteiger partial charge is 0.508 e. The predicted octanol–water partition coefficient (Wildman–Crippen LogP) is 2.97. The average molecular weight is 270 g/mol. The zero-order valence-corrected chi connectivity index (χ0v) is 10.8. The molecule has 0 aliphatic heterocycles. The highest BCUT2D eigenvalue weighted by Crippen LogP contribution is 2.34. The van der Waals surface area contributed by atoms with E-state index in [-0.39, 0.29) is 11.8 Å². The number of aromatic hydroxyl groups is 1. The summed E-state index contributed by atoms with van der Waals surface area (Å²) in [5.41, 5.74) is 6.56. The van der Waals surface area contributed by atoms with E-state index >= 15 is 0 Å². The molecule has 0 fully saturated rings. The summed E-state index contributed by atoms with van der Waals surface area (Å²) in [5, 5.41) is 19.5. The molecule has 17 heavy (non-hydrogen) atoms. The molecule has 90 valence electrons. The minimum Gasteiger partial charge on any atom is -0.508 e. The van der Waals surface area contributed by atoms with Gasteiger partial charge in [0, 0.05) is 5.56 Å². The van der Waals surface area contributed by atoms with E-state index in [1.807, 2.05) is 6.92 Å². The van der Waals surface area contributed by atoms with Crippen LogP contribution in [0.1, 0.15) is 24.4 Å². The first-order chi connectivity index (χ1) is 8.11. The number of phenols is 1. The lowest BCUT2D eigenvalue weighted by molar-refractivity contribution is 0.475. The lowest BCUT2D eigenvalue weighted by Gasteiger charge is -2.01. The van der Waals surface area contributed by atoms with Crippen LogP contribution in [0.3, 0.4) is 0 Å². The molecule has 0 radical (unpaired) electrons. The third kappa shape index (κ3) is 2.57. The molecule has 1 unspecified atom stereocenters. The van der Waals surface area contributed by atoms with Gasteiger partial charge in [0.1, 0.15) is 15.8 Å². The number of nitrogens with two attached hydrogens (primary N) is 1. The van der Waals surface area contributed by atoms with Crippen LogP contribution in [-0.2, 0) is 0 Å². The smallest absolute Gasteiger partial charge is 0.149 e. The zero-order chi connectivity index (χ0) is 12.4. The summed E-state index contributed by atoms with van der Waals surface area (Å²) in [5.74, 6) is 0.154. The summed E-state index contributed by atoms with van der Waals surface area (Å²) in [4.78, 5) is 0. The van der Waals surface area contributed by atoms with Gasteiger partial charge in [-0.3, -0.25) is 0 Å². The Balaban J connectivity index is 2.40. The SMILES string of the molecule is CCC(N)c1nnc(-c2cc(O)ccc2Cl)s1.